The highest BCUT2D eigenvalue weighted by molar-refractivity contribution is 7.89. The smallest absolute Gasteiger partial charge is 0.267 e. The van der Waals surface area contributed by atoms with E-state index in [1.165, 1.54) is 36.2 Å². The number of hydrogen-bond donors (Lipinski definition) is 0. The van der Waals surface area contributed by atoms with E-state index in [2.05, 4.69) is 0 Å². The Balaban J connectivity index is 2.35. The van der Waals surface area contributed by atoms with E-state index < -0.39 is 15.9 Å². The lowest BCUT2D eigenvalue weighted by atomic mass is 10.1. The molecule has 2 aromatic rings. The van der Waals surface area contributed by atoms with Gasteiger partial charge in [0.25, 0.3) is 21.8 Å². The minimum absolute atomic E-state index is 0.0473. The summed E-state index contributed by atoms with van der Waals surface area (Å²) in [6.45, 7) is 3.60. The minimum Gasteiger partial charge on any atom is -0.345 e. The maximum atomic E-state index is 12.8. The molecule has 0 bridgehead atoms. The molecule has 2 rings (SSSR count). The molecule has 2 amide bonds. The Bertz CT molecular complexity index is 948. The average molecular weight is 374 g/mol. The van der Waals surface area contributed by atoms with Crippen LogP contribution in [0.15, 0.2) is 47.4 Å². The van der Waals surface area contributed by atoms with Gasteiger partial charge < -0.3 is 4.90 Å². The summed E-state index contributed by atoms with van der Waals surface area (Å²) in [5, 5.41) is 0. The zero-order chi connectivity index (χ0) is 19.6. The van der Waals surface area contributed by atoms with Crippen LogP contribution >= 0.6 is 0 Å². The van der Waals surface area contributed by atoms with Crippen molar-refractivity contribution in [1.29, 1.82) is 0 Å². The summed E-state index contributed by atoms with van der Waals surface area (Å²) < 4.78 is 26.3. The van der Waals surface area contributed by atoms with Gasteiger partial charge in [0.2, 0.25) is 0 Å². The van der Waals surface area contributed by atoms with Crippen molar-refractivity contribution >= 4 is 21.8 Å². The third-order valence-corrected chi connectivity index (χ3v) is 5.83. The normalized spacial score (nSPS) is 11.1. The first kappa shape index (κ1) is 19.7. The Morgan fingerprint density at radius 2 is 1.42 bits per heavy atom. The summed E-state index contributed by atoms with van der Waals surface area (Å²) >= 11 is 0. The molecular formula is C19H22N2O4S. The van der Waals surface area contributed by atoms with Crippen LogP contribution in [-0.4, -0.2) is 50.6 Å². The van der Waals surface area contributed by atoms with Gasteiger partial charge in [-0.3, -0.25) is 9.59 Å². The van der Waals surface area contributed by atoms with Crippen LogP contribution < -0.4 is 0 Å². The SMILES string of the molecule is Cc1ccc(C)c(C(=O)N(C)S(=O)(=O)c2ccc(C(=O)N(C)C)cc2)c1. The number of rotatable bonds is 4. The number of aryl methyl sites for hydroxylation is 2. The molecule has 0 radical (unpaired) electrons. The fourth-order valence-corrected chi connectivity index (χ4v) is 3.54. The Hall–Kier alpha value is -2.67. The van der Waals surface area contributed by atoms with Crippen molar-refractivity contribution in [3.05, 3.63) is 64.7 Å². The molecule has 0 saturated carbocycles. The predicted molar refractivity (Wildman–Crippen MR) is 99.7 cm³/mol. The second-order valence-corrected chi connectivity index (χ2v) is 8.29. The lowest BCUT2D eigenvalue weighted by Crippen LogP contribution is -2.33. The molecule has 0 heterocycles. The summed E-state index contributed by atoms with van der Waals surface area (Å²) in [7, 11) is 0.444. The molecular weight excluding hydrogens is 352 g/mol. The summed E-state index contributed by atoms with van der Waals surface area (Å²) in [6.07, 6.45) is 0. The number of hydrogen-bond acceptors (Lipinski definition) is 4. The van der Waals surface area contributed by atoms with Gasteiger partial charge in [-0.25, -0.2) is 12.7 Å². The quantitative estimate of drug-likeness (QED) is 0.824. The van der Waals surface area contributed by atoms with Gasteiger partial charge in [-0.1, -0.05) is 17.7 Å². The van der Waals surface area contributed by atoms with Crippen LogP contribution in [0.2, 0.25) is 0 Å². The highest BCUT2D eigenvalue weighted by Gasteiger charge is 2.27. The number of benzene rings is 2. The molecule has 0 aliphatic carbocycles. The zero-order valence-corrected chi connectivity index (χ0v) is 16.3. The van der Waals surface area contributed by atoms with Crippen LogP contribution in [0.3, 0.4) is 0 Å². The number of amides is 2. The molecule has 0 unspecified atom stereocenters. The average Bonchev–Trinajstić information content (AvgIpc) is 2.61. The van der Waals surface area contributed by atoms with Crippen LogP contribution in [-0.2, 0) is 10.0 Å². The van der Waals surface area contributed by atoms with E-state index in [1.807, 2.05) is 13.0 Å². The molecule has 0 saturated heterocycles. The van der Waals surface area contributed by atoms with Crippen LogP contribution in [0, 0.1) is 13.8 Å². The highest BCUT2D eigenvalue weighted by atomic mass is 32.2. The van der Waals surface area contributed by atoms with Crippen LogP contribution in [0.5, 0.6) is 0 Å². The van der Waals surface area contributed by atoms with E-state index in [0.29, 0.717) is 16.7 Å². The number of carbonyl (C=O) groups is 2. The summed E-state index contributed by atoms with van der Waals surface area (Å²) in [5.41, 5.74) is 2.29. The molecule has 0 spiro atoms. The molecule has 0 aliphatic heterocycles. The van der Waals surface area contributed by atoms with E-state index in [-0.39, 0.29) is 10.8 Å². The largest absolute Gasteiger partial charge is 0.345 e. The highest BCUT2D eigenvalue weighted by Crippen LogP contribution is 2.20. The number of sulfonamides is 1. The first-order valence-electron chi connectivity index (χ1n) is 7.98. The molecule has 138 valence electrons. The minimum atomic E-state index is -4.02. The first-order chi connectivity index (χ1) is 12.1. The zero-order valence-electron chi connectivity index (χ0n) is 15.5. The van der Waals surface area contributed by atoms with Crippen molar-refractivity contribution in [3.63, 3.8) is 0 Å². The second kappa shape index (κ2) is 7.29. The van der Waals surface area contributed by atoms with Crippen LogP contribution in [0.1, 0.15) is 31.8 Å². The molecule has 0 fully saturated rings. The molecule has 6 nitrogen and oxygen atoms in total. The van der Waals surface area contributed by atoms with E-state index >= 15 is 0 Å². The van der Waals surface area contributed by atoms with Gasteiger partial charge in [-0.2, -0.15) is 0 Å². The van der Waals surface area contributed by atoms with Crippen molar-refractivity contribution in [2.24, 2.45) is 0 Å². The van der Waals surface area contributed by atoms with E-state index in [9.17, 15) is 18.0 Å². The van der Waals surface area contributed by atoms with Crippen molar-refractivity contribution in [2.45, 2.75) is 18.7 Å². The Labute approximate surface area is 154 Å². The molecule has 0 aliphatic rings. The summed E-state index contributed by atoms with van der Waals surface area (Å²) in [4.78, 5) is 26.0. The lowest BCUT2D eigenvalue weighted by Gasteiger charge is -2.19. The van der Waals surface area contributed by atoms with Gasteiger partial charge in [0.05, 0.1) is 4.90 Å². The van der Waals surface area contributed by atoms with Crippen molar-refractivity contribution in [3.8, 4) is 0 Å². The lowest BCUT2D eigenvalue weighted by molar-refractivity contribution is 0.0826. The van der Waals surface area contributed by atoms with Gasteiger partial charge in [-0.15, -0.1) is 0 Å². The predicted octanol–water partition coefficient (Wildman–Crippen LogP) is 2.47. The van der Waals surface area contributed by atoms with E-state index in [1.54, 1.807) is 33.2 Å². The Kier molecular flexibility index (Phi) is 5.51. The van der Waals surface area contributed by atoms with Crippen molar-refractivity contribution < 1.29 is 18.0 Å². The van der Waals surface area contributed by atoms with Crippen LogP contribution in [0.25, 0.3) is 0 Å². The maximum absolute atomic E-state index is 12.8. The van der Waals surface area contributed by atoms with Gasteiger partial charge in [-0.05, 0) is 49.7 Å². The van der Waals surface area contributed by atoms with Crippen LogP contribution in [0.4, 0.5) is 0 Å². The van der Waals surface area contributed by atoms with Gasteiger partial charge >= 0.3 is 0 Å². The summed E-state index contributed by atoms with van der Waals surface area (Å²) in [6, 6.07) is 10.9. The fraction of sp³-hybridized carbons (Fsp3) is 0.263. The van der Waals surface area contributed by atoms with Crippen molar-refractivity contribution in [1.82, 2.24) is 9.21 Å². The van der Waals surface area contributed by atoms with Gasteiger partial charge in [0.1, 0.15) is 0 Å². The maximum Gasteiger partial charge on any atom is 0.267 e. The molecule has 7 heteroatoms. The Morgan fingerprint density at radius 3 is 1.96 bits per heavy atom. The van der Waals surface area contributed by atoms with Crippen molar-refractivity contribution in [2.75, 3.05) is 21.1 Å². The third-order valence-electron chi connectivity index (χ3n) is 4.08. The van der Waals surface area contributed by atoms with E-state index in [0.717, 1.165) is 9.87 Å². The first-order valence-corrected chi connectivity index (χ1v) is 9.42. The monoisotopic (exact) mass is 374 g/mol. The van der Waals surface area contributed by atoms with Gasteiger partial charge in [0.15, 0.2) is 0 Å². The molecule has 0 aromatic heterocycles. The molecule has 0 atom stereocenters. The number of nitrogens with zero attached hydrogens (tertiary/aromatic N) is 2. The third kappa shape index (κ3) is 3.77. The molecule has 2 aromatic carbocycles. The fourth-order valence-electron chi connectivity index (χ4n) is 2.43. The Morgan fingerprint density at radius 1 is 0.846 bits per heavy atom. The second-order valence-electron chi connectivity index (χ2n) is 6.32. The summed E-state index contributed by atoms with van der Waals surface area (Å²) in [5.74, 6) is -0.826. The number of carbonyl (C=O) groups excluding carboxylic acids is 2. The standard InChI is InChI=1S/C19H22N2O4S/c1-13-6-7-14(2)17(12-13)19(23)21(5)26(24,25)16-10-8-15(9-11-16)18(22)20(3)4/h6-12H,1-5H3. The molecule has 0 N–H and O–H groups in total. The molecule has 26 heavy (non-hydrogen) atoms. The topological polar surface area (TPSA) is 74.8 Å². The van der Waals surface area contributed by atoms with E-state index in [4.69, 9.17) is 0 Å². The van der Waals surface area contributed by atoms with Gasteiger partial charge in [0, 0.05) is 32.3 Å².